The van der Waals surface area contributed by atoms with Crippen molar-refractivity contribution in [2.75, 3.05) is 6.61 Å². The molecule has 0 bridgehead atoms. The highest BCUT2D eigenvalue weighted by atomic mass is 16.5. The Morgan fingerprint density at radius 3 is 2.78 bits per heavy atom. The van der Waals surface area contributed by atoms with Crippen LogP contribution in [0.15, 0.2) is 0 Å². The SMILES string of the molecule is CCO[C@@H]1CC[C@H](N)C1. The molecule has 1 aliphatic carbocycles. The molecule has 54 valence electrons. The monoisotopic (exact) mass is 129 g/mol. The van der Waals surface area contributed by atoms with E-state index in [2.05, 4.69) is 0 Å². The number of hydrogen-bond donors (Lipinski definition) is 1. The second kappa shape index (κ2) is 3.18. The molecule has 1 fully saturated rings. The molecule has 1 aliphatic rings. The van der Waals surface area contributed by atoms with Gasteiger partial charge >= 0.3 is 0 Å². The molecule has 0 spiro atoms. The van der Waals surface area contributed by atoms with Gasteiger partial charge in [-0.25, -0.2) is 0 Å². The van der Waals surface area contributed by atoms with Gasteiger partial charge in [-0.15, -0.1) is 0 Å². The highest BCUT2D eigenvalue weighted by molar-refractivity contribution is 4.77. The van der Waals surface area contributed by atoms with Gasteiger partial charge in [0.2, 0.25) is 0 Å². The third kappa shape index (κ3) is 1.95. The zero-order valence-corrected chi connectivity index (χ0v) is 5.97. The lowest BCUT2D eigenvalue weighted by atomic mass is 10.3. The summed E-state index contributed by atoms with van der Waals surface area (Å²) < 4.78 is 5.39. The molecule has 0 aliphatic heterocycles. The molecule has 0 aromatic heterocycles. The van der Waals surface area contributed by atoms with E-state index in [-0.39, 0.29) is 0 Å². The molecule has 9 heavy (non-hydrogen) atoms. The molecule has 0 unspecified atom stereocenters. The van der Waals surface area contributed by atoms with E-state index < -0.39 is 0 Å². The highest BCUT2D eigenvalue weighted by Gasteiger charge is 2.21. The van der Waals surface area contributed by atoms with Crippen LogP contribution >= 0.6 is 0 Å². The van der Waals surface area contributed by atoms with E-state index in [9.17, 15) is 0 Å². The molecule has 0 radical (unpaired) electrons. The summed E-state index contributed by atoms with van der Waals surface area (Å²) in [6, 6.07) is 0.404. The first kappa shape index (κ1) is 7.03. The van der Waals surface area contributed by atoms with Gasteiger partial charge in [0.1, 0.15) is 0 Å². The summed E-state index contributed by atoms with van der Waals surface area (Å²) in [4.78, 5) is 0. The highest BCUT2D eigenvalue weighted by Crippen LogP contribution is 2.19. The Balaban J connectivity index is 2.14. The van der Waals surface area contributed by atoms with Gasteiger partial charge in [-0.2, -0.15) is 0 Å². The van der Waals surface area contributed by atoms with Gasteiger partial charge in [-0.3, -0.25) is 0 Å². The summed E-state index contributed by atoms with van der Waals surface area (Å²) in [6.07, 6.45) is 3.83. The third-order valence-electron chi connectivity index (χ3n) is 1.83. The van der Waals surface area contributed by atoms with Gasteiger partial charge in [0, 0.05) is 12.6 Å². The Morgan fingerprint density at radius 2 is 2.33 bits per heavy atom. The van der Waals surface area contributed by atoms with E-state index in [1.807, 2.05) is 6.92 Å². The molecule has 0 heterocycles. The Bertz CT molecular complexity index is 83.0. The van der Waals surface area contributed by atoms with Gasteiger partial charge in [0.05, 0.1) is 6.10 Å². The summed E-state index contributed by atoms with van der Waals surface area (Å²) in [5, 5.41) is 0. The Kier molecular flexibility index (Phi) is 2.49. The fourth-order valence-corrected chi connectivity index (χ4v) is 1.36. The minimum Gasteiger partial charge on any atom is -0.378 e. The van der Waals surface area contributed by atoms with Gasteiger partial charge in [-0.1, -0.05) is 0 Å². The van der Waals surface area contributed by atoms with Gasteiger partial charge < -0.3 is 10.5 Å². The van der Waals surface area contributed by atoms with Gasteiger partial charge in [-0.05, 0) is 26.2 Å². The molecule has 1 rings (SSSR count). The summed E-state index contributed by atoms with van der Waals surface area (Å²) in [5.41, 5.74) is 5.68. The van der Waals surface area contributed by atoms with Crippen molar-refractivity contribution in [3.63, 3.8) is 0 Å². The fraction of sp³-hybridized carbons (Fsp3) is 1.00. The van der Waals surface area contributed by atoms with Crippen LogP contribution in [0.1, 0.15) is 26.2 Å². The molecule has 2 N–H and O–H groups in total. The second-order valence-electron chi connectivity index (χ2n) is 2.65. The average molecular weight is 129 g/mol. The second-order valence-corrected chi connectivity index (χ2v) is 2.65. The maximum absolute atomic E-state index is 5.68. The lowest BCUT2D eigenvalue weighted by Crippen LogP contribution is -2.17. The van der Waals surface area contributed by atoms with Crippen molar-refractivity contribution in [3.05, 3.63) is 0 Å². The molecule has 2 heteroatoms. The minimum absolute atomic E-state index is 0.404. The largest absolute Gasteiger partial charge is 0.378 e. The Morgan fingerprint density at radius 1 is 1.56 bits per heavy atom. The van der Waals surface area contributed by atoms with Crippen molar-refractivity contribution >= 4 is 0 Å². The van der Waals surface area contributed by atoms with Crippen LogP contribution in [-0.4, -0.2) is 18.8 Å². The molecule has 1 saturated carbocycles. The van der Waals surface area contributed by atoms with Gasteiger partial charge in [0.25, 0.3) is 0 Å². The van der Waals surface area contributed by atoms with E-state index in [0.29, 0.717) is 12.1 Å². The third-order valence-corrected chi connectivity index (χ3v) is 1.83. The quantitative estimate of drug-likeness (QED) is 0.601. The minimum atomic E-state index is 0.404. The summed E-state index contributed by atoms with van der Waals surface area (Å²) in [5.74, 6) is 0. The van der Waals surface area contributed by atoms with E-state index >= 15 is 0 Å². The van der Waals surface area contributed by atoms with Crippen LogP contribution in [0, 0.1) is 0 Å². The normalized spacial score (nSPS) is 35.3. The van der Waals surface area contributed by atoms with E-state index in [1.165, 1.54) is 0 Å². The maximum atomic E-state index is 5.68. The zero-order chi connectivity index (χ0) is 6.69. The summed E-state index contributed by atoms with van der Waals surface area (Å²) in [7, 11) is 0. The van der Waals surface area contributed by atoms with E-state index in [4.69, 9.17) is 10.5 Å². The van der Waals surface area contributed by atoms with Crippen LogP contribution in [-0.2, 0) is 4.74 Å². The first-order valence-electron chi connectivity index (χ1n) is 3.70. The average Bonchev–Trinajstić information content (AvgIpc) is 2.17. The van der Waals surface area contributed by atoms with Crippen molar-refractivity contribution in [2.45, 2.75) is 38.3 Å². The fourth-order valence-electron chi connectivity index (χ4n) is 1.36. The number of nitrogens with two attached hydrogens (primary N) is 1. The Hall–Kier alpha value is -0.0800. The number of rotatable bonds is 2. The standard InChI is InChI=1S/C7H15NO/c1-2-9-7-4-3-6(8)5-7/h6-7H,2-5,8H2,1H3/t6-,7+/m0/s1. The predicted molar refractivity (Wildman–Crippen MR) is 37.2 cm³/mol. The topological polar surface area (TPSA) is 35.2 Å². The molecular weight excluding hydrogens is 114 g/mol. The van der Waals surface area contributed by atoms with Crippen LogP contribution in [0.4, 0.5) is 0 Å². The van der Waals surface area contributed by atoms with Crippen molar-refractivity contribution in [2.24, 2.45) is 5.73 Å². The molecule has 2 nitrogen and oxygen atoms in total. The van der Waals surface area contributed by atoms with Crippen molar-refractivity contribution in [3.8, 4) is 0 Å². The van der Waals surface area contributed by atoms with Crippen LogP contribution in [0.25, 0.3) is 0 Å². The summed E-state index contributed by atoms with van der Waals surface area (Å²) >= 11 is 0. The number of hydrogen-bond acceptors (Lipinski definition) is 2. The summed E-state index contributed by atoms with van der Waals surface area (Å²) in [6.45, 7) is 2.86. The van der Waals surface area contributed by atoms with Crippen LogP contribution in [0.2, 0.25) is 0 Å². The molecular formula is C7H15NO. The lowest BCUT2D eigenvalue weighted by molar-refractivity contribution is 0.0675. The molecule has 2 atom stereocenters. The lowest BCUT2D eigenvalue weighted by Gasteiger charge is -2.07. The van der Waals surface area contributed by atoms with Crippen molar-refractivity contribution in [1.82, 2.24) is 0 Å². The Labute approximate surface area is 56.4 Å². The number of ether oxygens (including phenoxy) is 1. The van der Waals surface area contributed by atoms with Crippen molar-refractivity contribution in [1.29, 1.82) is 0 Å². The molecule has 0 amide bonds. The first-order valence-corrected chi connectivity index (χ1v) is 3.70. The first-order chi connectivity index (χ1) is 4.33. The molecule has 0 aromatic rings. The van der Waals surface area contributed by atoms with E-state index in [0.717, 1.165) is 25.9 Å². The van der Waals surface area contributed by atoms with E-state index in [1.54, 1.807) is 0 Å². The molecule has 0 aromatic carbocycles. The van der Waals surface area contributed by atoms with Crippen LogP contribution in [0.3, 0.4) is 0 Å². The van der Waals surface area contributed by atoms with Crippen LogP contribution in [0.5, 0.6) is 0 Å². The zero-order valence-electron chi connectivity index (χ0n) is 5.97. The smallest absolute Gasteiger partial charge is 0.0590 e. The van der Waals surface area contributed by atoms with Crippen LogP contribution < -0.4 is 5.73 Å². The van der Waals surface area contributed by atoms with Crippen molar-refractivity contribution < 1.29 is 4.74 Å². The van der Waals surface area contributed by atoms with Gasteiger partial charge in [0.15, 0.2) is 0 Å². The predicted octanol–water partition coefficient (Wildman–Crippen LogP) is 0.903. The maximum Gasteiger partial charge on any atom is 0.0590 e. The molecule has 0 saturated heterocycles.